The fourth-order valence-corrected chi connectivity index (χ4v) is 7.56. The van der Waals surface area contributed by atoms with Crippen molar-refractivity contribution >= 4 is 75.5 Å². The minimum Gasteiger partial charge on any atom is -0.311 e. The second kappa shape index (κ2) is 18.6. The lowest BCUT2D eigenvalue weighted by Crippen LogP contribution is -2.13. The smallest absolute Gasteiger partial charge is 0.0463 e. The van der Waals surface area contributed by atoms with Gasteiger partial charge in [-0.05, 0) is 131 Å². The van der Waals surface area contributed by atoms with Crippen LogP contribution in [0, 0.1) is 0 Å². The van der Waals surface area contributed by atoms with Crippen molar-refractivity contribution < 1.29 is 0 Å². The van der Waals surface area contributed by atoms with Crippen LogP contribution in [-0.4, -0.2) is 0 Å². The summed E-state index contributed by atoms with van der Waals surface area (Å²) >= 11 is 0. The molecule has 0 unspecified atom stereocenters. The van der Waals surface area contributed by atoms with Crippen molar-refractivity contribution in [3.8, 4) is 0 Å². The van der Waals surface area contributed by atoms with Crippen LogP contribution in [0.25, 0.3) is 24.3 Å². The summed E-state index contributed by atoms with van der Waals surface area (Å²) in [6.45, 7) is 0. The van der Waals surface area contributed by atoms with Gasteiger partial charge in [0.05, 0.1) is 0 Å². The van der Waals surface area contributed by atoms with Crippen LogP contribution >= 0.6 is 0 Å². The summed E-state index contributed by atoms with van der Waals surface area (Å²) < 4.78 is 0. The zero-order valence-electron chi connectivity index (χ0n) is 33.8. The lowest BCUT2D eigenvalue weighted by atomic mass is 10.1. The largest absolute Gasteiger partial charge is 0.311 e. The van der Waals surface area contributed by atoms with E-state index in [-0.39, 0.29) is 0 Å². The van der Waals surface area contributed by atoms with Gasteiger partial charge in [-0.2, -0.15) is 0 Å². The number of anilines is 9. The highest BCUT2D eigenvalue weighted by molar-refractivity contribution is 5.84. The first-order chi connectivity index (χ1) is 30.2. The maximum Gasteiger partial charge on any atom is 0.0463 e. The first kappa shape index (κ1) is 38.4. The summed E-state index contributed by atoms with van der Waals surface area (Å²) in [5, 5.41) is 0. The number of benzene rings is 9. The van der Waals surface area contributed by atoms with Crippen molar-refractivity contribution in [3.05, 3.63) is 271 Å². The zero-order valence-corrected chi connectivity index (χ0v) is 33.8. The molecule has 0 amide bonds. The van der Waals surface area contributed by atoms with Crippen LogP contribution in [0.5, 0.6) is 0 Å². The third-order valence-electron chi connectivity index (χ3n) is 10.6. The molecule has 0 spiro atoms. The molecule has 0 aliphatic heterocycles. The molecular formula is C58H45N3. The number of rotatable bonds is 13. The van der Waals surface area contributed by atoms with Crippen molar-refractivity contribution in [3.63, 3.8) is 0 Å². The molecule has 0 aromatic heterocycles. The van der Waals surface area contributed by atoms with Gasteiger partial charge in [-0.25, -0.2) is 0 Å². The van der Waals surface area contributed by atoms with E-state index in [9.17, 15) is 0 Å². The molecule has 9 rings (SSSR count). The number of para-hydroxylation sites is 3. The summed E-state index contributed by atoms with van der Waals surface area (Å²) in [6.07, 6.45) is 8.62. The van der Waals surface area contributed by atoms with E-state index in [2.05, 4.69) is 276 Å². The highest BCUT2D eigenvalue weighted by Gasteiger charge is 2.18. The average molecular weight is 784 g/mol. The van der Waals surface area contributed by atoms with E-state index in [0.717, 1.165) is 62.3 Å². The van der Waals surface area contributed by atoms with Crippen molar-refractivity contribution in [1.29, 1.82) is 0 Å². The first-order valence-electron chi connectivity index (χ1n) is 20.7. The van der Waals surface area contributed by atoms with Gasteiger partial charge < -0.3 is 14.7 Å². The average Bonchev–Trinajstić information content (AvgIpc) is 3.34. The Hall–Kier alpha value is -8.14. The van der Waals surface area contributed by atoms with E-state index in [1.807, 2.05) is 12.1 Å². The highest BCUT2D eigenvalue weighted by atomic mass is 15.2. The molecule has 9 aromatic rings. The molecule has 0 atom stereocenters. The molecule has 0 heterocycles. The Kier molecular flexibility index (Phi) is 11.7. The fourth-order valence-electron chi connectivity index (χ4n) is 7.56. The molecule has 0 saturated carbocycles. The van der Waals surface area contributed by atoms with Gasteiger partial charge in [0, 0.05) is 51.2 Å². The second-order valence-corrected chi connectivity index (χ2v) is 14.7. The van der Waals surface area contributed by atoms with E-state index < -0.39 is 0 Å². The quantitative estimate of drug-likeness (QED) is 0.108. The van der Waals surface area contributed by atoms with Crippen molar-refractivity contribution in [1.82, 2.24) is 0 Å². The van der Waals surface area contributed by atoms with Gasteiger partial charge in [0.2, 0.25) is 0 Å². The zero-order chi connectivity index (χ0) is 41.1. The van der Waals surface area contributed by atoms with Gasteiger partial charge in [-0.1, -0.05) is 164 Å². The fraction of sp³-hybridized carbons (Fsp3) is 0. The van der Waals surface area contributed by atoms with E-state index in [4.69, 9.17) is 0 Å². The Labute approximate surface area is 359 Å². The van der Waals surface area contributed by atoms with Gasteiger partial charge in [0.15, 0.2) is 0 Å². The predicted octanol–water partition coefficient (Wildman–Crippen LogP) is 16.4. The third-order valence-corrected chi connectivity index (χ3v) is 10.6. The summed E-state index contributed by atoms with van der Waals surface area (Å²) in [7, 11) is 0. The van der Waals surface area contributed by atoms with Crippen LogP contribution in [0.1, 0.15) is 22.3 Å². The van der Waals surface area contributed by atoms with E-state index in [1.165, 1.54) is 11.1 Å². The van der Waals surface area contributed by atoms with Gasteiger partial charge in [-0.3, -0.25) is 0 Å². The molecule has 61 heavy (non-hydrogen) atoms. The Bertz CT molecular complexity index is 2610. The van der Waals surface area contributed by atoms with E-state index in [1.54, 1.807) is 0 Å². The van der Waals surface area contributed by atoms with Gasteiger partial charge >= 0.3 is 0 Å². The number of nitrogens with zero attached hydrogens (tertiary/aromatic N) is 3. The molecule has 0 fully saturated rings. The molecule has 292 valence electrons. The Morgan fingerprint density at radius 2 is 0.328 bits per heavy atom. The number of hydrogen-bond donors (Lipinski definition) is 0. The summed E-state index contributed by atoms with van der Waals surface area (Å²) in [5.41, 5.74) is 14.4. The molecule has 3 nitrogen and oxygen atoms in total. The monoisotopic (exact) mass is 783 g/mol. The molecule has 0 bridgehead atoms. The molecule has 3 heteroatoms. The van der Waals surface area contributed by atoms with Gasteiger partial charge in [0.1, 0.15) is 0 Å². The molecule has 9 aromatic carbocycles. The van der Waals surface area contributed by atoms with Crippen molar-refractivity contribution in [2.24, 2.45) is 0 Å². The van der Waals surface area contributed by atoms with Crippen LogP contribution < -0.4 is 14.7 Å². The van der Waals surface area contributed by atoms with Crippen LogP contribution in [-0.2, 0) is 0 Å². The van der Waals surface area contributed by atoms with Crippen molar-refractivity contribution in [2.75, 3.05) is 14.7 Å². The molecular weight excluding hydrogens is 739 g/mol. The second-order valence-electron chi connectivity index (χ2n) is 14.7. The maximum atomic E-state index is 2.31. The lowest BCUT2D eigenvalue weighted by Gasteiger charge is -2.29. The van der Waals surface area contributed by atoms with Crippen molar-refractivity contribution in [2.45, 2.75) is 0 Å². The highest BCUT2D eigenvalue weighted by Crippen LogP contribution is 2.41. The summed E-state index contributed by atoms with van der Waals surface area (Å²) in [6, 6.07) is 87.7. The summed E-state index contributed by atoms with van der Waals surface area (Å²) in [4.78, 5) is 6.93. The standard InChI is InChI=1S/C58H45N3/c1-6-16-46(17-7-1)26-28-48-30-34-53(35-31-48)59(50-20-10-3-11-21-50)55-38-42-57(43-39-55)61(52-24-14-5-15-25-52)58-44-40-56(41-45-58)60(51-22-12-4-13-23-51)54-36-32-49(33-37-54)29-27-47-18-8-2-9-19-47/h1-45H/b28-26+,29-27+. The molecule has 0 radical (unpaired) electrons. The Morgan fingerprint density at radius 1 is 0.164 bits per heavy atom. The van der Waals surface area contributed by atoms with Crippen LogP contribution in [0.2, 0.25) is 0 Å². The van der Waals surface area contributed by atoms with Gasteiger partial charge in [-0.15, -0.1) is 0 Å². The van der Waals surface area contributed by atoms with Crippen LogP contribution in [0.4, 0.5) is 51.2 Å². The Morgan fingerprint density at radius 3 is 0.557 bits per heavy atom. The molecule has 0 saturated heterocycles. The Balaban J connectivity index is 1.01. The van der Waals surface area contributed by atoms with Crippen LogP contribution in [0.3, 0.4) is 0 Å². The van der Waals surface area contributed by atoms with Gasteiger partial charge in [0.25, 0.3) is 0 Å². The van der Waals surface area contributed by atoms with E-state index in [0.29, 0.717) is 0 Å². The topological polar surface area (TPSA) is 9.72 Å². The molecule has 0 aliphatic rings. The first-order valence-corrected chi connectivity index (χ1v) is 20.7. The minimum atomic E-state index is 1.07. The third kappa shape index (κ3) is 9.28. The van der Waals surface area contributed by atoms with E-state index >= 15 is 0 Å². The maximum absolute atomic E-state index is 2.31. The van der Waals surface area contributed by atoms with Crippen LogP contribution in [0.15, 0.2) is 249 Å². The number of hydrogen-bond acceptors (Lipinski definition) is 3. The summed E-state index contributed by atoms with van der Waals surface area (Å²) in [5.74, 6) is 0. The lowest BCUT2D eigenvalue weighted by molar-refractivity contribution is 1.24. The normalized spacial score (nSPS) is 11.1. The molecule has 0 aliphatic carbocycles. The molecule has 0 N–H and O–H groups in total. The minimum absolute atomic E-state index is 1.07. The predicted molar refractivity (Wildman–Crippen MR) is 261 cm³/mol. The SMILES string of the molecule is C(=C\c1ccc(N(c2ccccc2)c2ccc(N(c3ccccc3)c3ccc(N(c4ccccc4)c4ccc(/C=C/c5ccccc5)cc4)cc3)cc2)cc1)/c1ccccc1.